The van der Waals surface area contributed by atoms with Crippen molar-refractivity contribution < 1.29 is 13.2 Å². The number of aromatic nitrogens is 1. The topological polar surface area (TPSA) is 24.9 Å². The van der Waals surface area contributed by atoms with Gasteiger partial charge in [0.1, 0.15) is 0 Å². The van der Waals surface area contributed by atoms with Gasteiger partial charge < -0.3 is 5.32 Å². The molecule has 0 saturated heterocycles. The summed E-state index contributed by atoms with van der Waals surface area (Å²) in [7, 11) is 0. The number of halogens is 3. The molecule has 1 aromatic carbocycles. The maximum atomic E-state index is 12.5. The zero-order valence-corrected chi connectivity index (χ0v) is 12.0. The van der Waals surface area contributed by atoms with E-state index in [4.69, 9.17) is 0 Å². The van der Waals surface area contributed by atoms with Crippen molar-refractivity contribution in [1.29, 1.82) is 0 Å². The van der Waals surface area contributed by atoms with Crippen LogP contribution in [0.1, 0.15) is 41.3 Å². The zero-order valence-electron chi connectivity index (χ0n) is 12.0. The fraction of sp³-hybridized carbons (Fsp3) is 0.353. The first-order chi connectivity index (χ1) is 10.5. The second-order valence-corrected chi connectivity index (χ2v) is 5.56. The SMILES string of the molecule is FC(F)(F)c1ccc(CN[C@@H]2CCCc3ccccc32)nc1. The third kappa shape index (κ3) is 3.30. The molecule has 0 bridgehead atoms. The highest BCUT2D eigenvalue weighted by molar-refractivity contribution is 5.32. The Morgan fingerprint density at radius 1 is 1.14 bits per heavy atom. The number of nitrogens with zero attached hydrogens (tertiary/aromatic N) is 1. The van der Waals surface area contributed by atoms with E-state index < -0.39 is 11.7 Å². The molecule has 1 heterocycles. The van der Waals surface area contributed by atoms with E-state index in [0.717, 1.165) is 31.5 Å². The molecule has 0 radical (unpaired) electrons. The van der Waals surface area contributed by atoms with Gasteiger partial charge in [0, 0.05) is 18.8 Å². The van der Waals surface area contributed by atoms with Gasteiger partial charge in [-0.05, 0) is 42.5 Å². The highest BCUT2D eigenvalue weighted by Crippen LogP contribution is 2.30. The molecule has 2 nitrogen and oxygen atoms in total. The van der Waals surface area contributed by atoms with E-state index in [1.54, 1.807) is 0 Å². The van der Waals surface area contributed by atoms with Crippen LogP contribution in [0.2, 0.25) is 0 Å². The molecule has 0 unspecified atom stereocenters. The van der Waals surface area contributed by atoms with Crippen LogP contribution in [0.4, 0.5) is 13.2 Å². The number of fused-ring (bicyclic) bond motifs is 1. The van der Waals surface area contributed by atoms with Gasteiger partial charge in [0.05, 0.1) is 11.3 Å². The van der Waals surface area contributed by atoms with Gasteiger partial charge in [0.15, 0.2) is 0 Å². The predicted octanol–water partition coefficient (Wildman–Crippen LogP) is 4.27. The van der Waals surface area contributed by atoms with Crippen LogP contribution in [0.25, 0.3) is 0 Å². The first kappa shape index (κ1) is 15.0. The summed E-state index contributed by atoms with van der Waals surface area (Å²) in [5.74, 6) is 0. The van der Waals surface area contributed by atoms with E-state index in [-0.39, 0.29) is 6.04 Å². The fourth-order valence-corrected chi connectivity index (χ4v) is 2.89. The molecule has 0 saturated carbocycles. The normalized spacial score (nSPS) is 18.0. The molecule has 3 rings (SSSR count). The van der Waals surface area contributed by atoms with Crippen LogP contribution in [0, 0.1) is 0 Å². The Bertz CT molecular complexity index is 635. The average Bonchev–Trinajstić information content (AvgIpc) is 2.52. The summed E-state index contributed by atoms with van der Waals surface area (Å²) in [5.41, 5.74) is 2.56. The minimum atomic E-state index is -4.33. The Morgan fingerprint density at radius 3 is 2.68 bits per heavy atom. The van der Waals surface area contributed by atoms with Crippen LogP contribution >= 0.6 is 0 Å². The lowest BCUT2D eigenvalue weighted by atomic mass is 9.88. The van der Waals surface area contributed by atoms with Crippen LogP contribution in [0.3, 0.4) is 0 Å². The number of nitrogens with one attached hydrogen (secondary N) is 1. The van der Waals surface area contributed by atoms with E-state index in [1.165, 1.54) is 17.2 Å². The second-order valence-electron chi connectivity index (χ2n) is 5.56. The third-order valence-electron chi connectivity index (χ3n) is 4.05. The first-order valence-corrected chi connectivity index (χ1v) is 7.37. The molecule has 2 aromatic rings. The van der Waals surface area contributed by atoms with Gasteiger partial charge in [-0.2, -0.15) is 13.2 Å². The maximum Gasteiger partial charge on any atom is 0.417 e. The van der Waals surface area contributed by atoms with Gasteiger partial charge in [-0.15, -0.1) is 0 Å². The number of aryl methyl sites for hydroxylation is 1. The zero-order chi connectivity index (χ0) is 15.6. The summed E-state index contributed by atoms with van der Waals surface area (Å²) >= 11 is 0. The monoisotopic (exact) mass is 306 g/mol. The maximum absolute atomic E-state index is 12.5. The van der Waals surface area contributed by atoms with E-state index >= 15 is 0 Å². The van der Waals surface area contributed by atoms with Gasteiger partial charge in [0.25, 0.3) is 0 Å². The van der Waals surface area contributed by atoms with Crippen molar-refractivity contribution in [2.75, 3.05) is 0 Å². The third-order valence-corrected chi connectivity index (χ3v) is 4.05. The number of hydrogen-bond acceptors (Lipinski definition) is 2. The molecule has 1 aliphatic carbocycles. The molecule has 0 fully saturated rings. The minimum absolute atomic E-state index is 0.244. The molecule has 5 heteroatoms. The Labute approximate surface area is 127 Å². The smallest absolute Gasteiger partial charge is 0.304 e. The first-order valence-electron chi connectivity index (χ1n) is 7.37. The average molecular weight is 306 g/mol. The van der Waals surface area contributed by atoms with Crippen molar-refractivity contribution in [3.05, 3.63) is 65.0 Å². The van der Waals surface area contributed by atoms with E-state index in [2.05, 4.69) is 22.4 Å². The van der Waals surface area contributed by atoms with Gasteiger partial charge in [-0.3, -0.25) is 4.98 Å². The lowest BCUT2D eigenvalue weighted by molar-refractivity contribution is -0.137. The van der Waals surface area contributed by atoms with Gasteiger partial charge >= 0.3 is 6.18 Å². The van der Waals surface area contributed by atoms with Gasteiger partial charge in [-0.25, -0.2) is 0 Å². The Hall–Kier alpha value is -1.88. The summed E-state index contributed by atoms with van der Waals surface area (Å²) in [6.07, 6.45) is -0.188. The van der Waals surface area contributed by atoms with Crippen molar-refractivity contribution in [3.63, 3.8) is 0 Å². The fourth-order valence-electron chi connectivity index (χ4n) is 2.89. The number of hydrogen-bond donors (Lipinski definition) is 1. The van der Waals surface area contributed by atoms with Gasteiger partial charge in [0.2, 0.25) is 0 Å². The molecule has 0 amide bonds. The summed E-state index contributed by atoms with van der Waals surface area (Å²) < 4.78 is 37.5. The molecule has 1 aromatic heterocycles. The molecule has 116 valence electrons. The van der Waals surface area contributed by atoms with Crippen molar-refractivity contribution in [2.45, 2.75) is 38.0 Å². The Morgan fingerprint density at radius 2 is 1.95 bits per heavy atom. The quantitative estimate of drug-likeness (QED) is 0.916. The van der Waals surface area contributed by atoms with Crippen molar-refractivity contribution in [2.24, 2.45) is 0 Å². The van der Waals surface area contributed by atoms with Crippen LogP contribution in [-0.2, 0) is 19.1 Å². The molecular weight excluding hydrogens is 289 g/mol. The Kier molecular flexibility index (Phi) is 4.16. The van der Waals surface area contributed by atoms with Crippen LogP contribution in [-0.4, -0.2) is 4.98 Å². The summed E-state index contributed by atoms with van der Waals surface area (Å²) in [5, 5.41) is 3.41. The Balaban J connectivity index is 1.66. The lowest BCUT2D eigenvalue weighted by Gasteiger charge is -2.26. The largest absolute Gasteiger partial charge is 0.417 e. The number of rotatable bonds is 3. The van der Waals surface area contributed by atoms with Crippen LogP contribution < -0.4 is 5.32 Å². The van der Waals surface area contributed by atoms with Crippen molar-refractivity contribution in [3.8, 4) is 0 Å². The van der Waals surface area contributed by atoms with Gasteiger partial charge in [-0.1, -0.05) is 24.3 Å². The van der Waals surface area contributed by atoms with E-state index in [9.17, 15) is 13.2 Å². The summed E-state index contributed by atoms with van der Waals surface area (Å²) in [6, 6.07) is 11.1. The van der Waals surface area contributed by atoms with Crippen LogP contribution in [0.5, 0.6) is 0 Å². The second kappa shape index (κ2) is 6.08. The highest BCUT2D eigenvalue weighted by Gasteiger charge is 2.30. The number of benzene rings is 1. The van der Waals surface area contributed by atoms with Crippen molar-refractivity contribution >= 4 is 0 Å². The molecule has 22 heavy (non-hydrogen) atoms. The standard InChI is InChI=1S/C17H17F3N2/c18-17(19,20)13-8-9-14(21-10-13)11-22-16-7-3-5-12-4-1-2-6-15(12)16/h1-2,4,6,8-10,16,22H,3,5,7,11H2/t16-/m1/s1. The van der Waals surface area contributed by atoms with E-state index in [0.29, 0.717) is 12.2 Å². The van der Waals surface area contributed by atoms with E-state index in [1.807, 2.05) is 12.1 Å². The molecule has 1 N–H and O–H groups in total. The summed E-state index contributed by atoms with van der Waals surface area (Å²) in [6.45, 7) is 0.469. The number of pyridine rings is 1. The van der Waals surface area contributed by atoms with Crippen molar-refractivity contribution in [1.82, 2.24) is 10.3 Å². The molecule has 0 spiro atoms. The summed E-state index contributed by atoms with van der Waals surface area (Å²) in [4.78, 5) is 3.90. The number of alkyl halides is 3. The minimum Gasteiger partial charge on any atom is -0.304 e. The molecule has 1 atom stereocenters. The molecule has 1 aliphatic rings. The molecular formula is C17H17F3N2. The lowest BCUT2D eigenvalue weighted by Crippen LogP contribution is -2.25. The predicted molar refractivity (Wildman–Crippen MR) is 78.2 cm³/mol. The van der Waals surface area contributed by atoms with Crippen LogP contribution in [0.15, 0.2) is 42.6 Å². The molecule has 0 aliphatic heterocycles. The highest BCUT2D eigenvalue weighted by atomic mass is 19.4.